The molecule has 0 radical (unpaired) electrons. The van der Waals surface area contributed by atoms with Gasteiger partial charge in [0.1, 0.15) is 23.7 Å². The van der Waals surface area contributed by atoms with Crippen molar-refractivity contribution in [2.45, 2.75) is 38.3 Å². The van der Waals surface area contributed by atoms with Gasteiger partial charge in [0.15, 0.2) is 0 Å². The molecule has 172 valence electrons. The molecule has 0 aromatic heterocycles. The van der Waals surface area contributed by atoms with Crippen molar-refractivity contribution in [2.75, 3.05) is 11.0 Å². The number of alkyl halides is 1. The van der Waals surface area contributed by atoms with Crippen LogP contribution in [0.2, 0.25) is 0 Å². The summed E-state index contributed by atoms with van der Waals surface area (Å²) in [6, 6.07) is 10.0. The van der Waals surface area contributed by atoms with Crippen molar-refractivity contribution in [1.29, 1.82) is 0 Å². The van der Waals surface area contributed by atoms with E-state index in [0.29, 0.717) is 6.42 Å². The average molecular weight is 558 g/mol. The molecule has 9 heteroatoms. The molecule has 32 heavy (non-hydrogen) atoms. The number of benzene rings is 2. The van der Waals surface area contributed by atoms with Crippen LogP contribution in [0.15, 0.2) is 48.5 Å². The Morgan fingerprint density at radius 1 is 1.06 bits per heavy atom. The summed E-state index contributed by atoms with van der Waals surface area (Å²) in [5, 5.41) is 5.06. The molecule has 0 unspecified atom stereocenters. The Morgan fingerprint density at radius 2 is 1.78 bits per heavy atom. The summed E-state index contributed by atoms with van der Waals surface area (Å²) in [5.41, 5.74) is 0.720. The fourth-order valence-corrected chi connectivity index (χ4v) is 3.19. The zero-order chi connectivity index (χ0) is 23.5. The first-order valence-electron chi connectivity index (χ1n) is 10.1. The van der Waals surface area contributed by atoms with Gasteiger partial charge in [-0.2, -0.15) is 0 Å². The Hall–Kier alpha value is -2.56. The van der Waals surface area contributed by atoms with E-state index >= 15 is 0 Å². The first kappa shape index (κ1) is 25.7. The van der Waals surface area contributed by atoms with Gasteiger partial charge < -0.3 is 15.4 Å². The molecule has 0 heterocycles. The SMILES string of the molecule is C[C@H](NC(=O)Cc1cc(F)ccc1F)C(=O)N[C@@H](Cc1ccccc1)C(=O)OCCCI. The summed E-state index contributed by atoms with van der Waals surface area (Å²) in [6.45, 7) is 1.69. The van der Waals surface area contributed by atoms with Crippen LogP contribution in [-0.4, -0.2) is 40.9 Å². The molecule has 0 aliphatic heterocycles. The highest BCUT2D eigenvalue weighted by atomic mass is 127. The molecule has 0 aliphatic rings. The third-order valence-electron chi connectivity index (χ3n) is 4.54. The number of esters is 1. The van der Waals surface area contributed by atoms with Crippen LogP contribution in [0.4, 0.5) is 8.78 Å². The Labute approximate surface area is 199 Å². The van der Waals surface area contributed by atoms with Crippen molar-refractivity contribution in [3.63, 3.8) is 0 Å². The lowest BCUT2D eigenvalue weighted by Gasteiger charge is -2.21. The number of amides is 2. The largest absolute Gasteiger partial charge is 0.464 e. The maximum atomic E-state index is 13.7. The Balaban J connectivity index is 1.99. The van der Waals surface area contributed by atoms with E-state index in [1.54, 1.807) is 0 Å². The second-order valence-corrected chi connectivity index (χ2v) is 8.24. The van der Waals surface area contributed by atoms with Crippen molar-refractivity contribution in [2.24, 2.45) is 0 Å². The number of halogens is 3. The van der Waals surface area contributed by atoms with Gasteiger partial charge in [-0.3, -0.25) is 9.59 Å². The fourth-order valence-electron chi connectivity index (χ4n) is 2.88. The van der Waals surface area contributed by atoms with E-state index in [9.17, 15) is 23.2 Å². The molecule has 0 aliphatic carbocycles. The minimum absolute atomic E-state index is 0.115. The molecule has 2 amide bonds. The second-order valence-electron chi connectivity index (χ2n) is 7.16. The van der Waals surface area contributed by atoms with E-state index in [-0.39, 0.29) is 18.6 Å². The molecule has 0 bridgehead atoms. The standard InChI is InChI=1S/C23H25F2IN2O4/c1-15(27-21(29)14-17-13-18(24)8-9-19(17)25)22(30)28-20(23(31)32-11-5-10-26)12-16-6-3-2-4-7-16/h2-4,6-9,13,15,20H,5,10-12,14H2,1H3,(H,27,29)(H,28,30)/t15-,20-/m0/s1. The molecule has 0 spiro atoms. The van der Waals surface area contributed by atoms with E-state index in [1.165, 1.54) is 6.92 Å². The third kappa shape index (κ3) is 8.52. The van der Waals surface area contributed by atoms with Gasteiger partial charge in [-0.15, -0.1) is 0 Å². The van der Waals surface area contributed by atoms with Crippen molar-refractivity contribution in [1.82, 2.24) is 10.6 Å². The van der Waals surface area contributed by atoms with Crippen LogP contribution in [0, 0.1) is 11.6 Å². The number of nitrogens with one attached hydrogen (secondary N) is 2. The normalized spacial score (nSPS) is 12.5. The molecule has 0 saturated carbocycles. The predicted molar refractivity (Wildman–Crippen MR) is 124 cm³/mol. The molecule has 2 aromatic carbocycles. The molecular formula is C23H25F2IN2O4. The van der Waals surface area contributed by atoms with Crippen LogP contribution >= 0.6 is 22.6 Å². The highest BCUT2D eigenvalue weighted by molar-refractivity contribution is 14.1. The van der Waals surface area contributed by atoms with Gasteiger partial charge in [0, 0.05) is 16.4 Å². The van der Waals surface area contributed by atoms with Crippen molar-refractivity contribution in [3.05, 3.63) is 71.3 Å². The quantitative estimate of drug-likeness (QED) is 0.192. The summed E-state index contributed by atoms with van der Waals surface area (Å²) in [6.07, 6.45) is 0.499. The Morgan fingerprint density at radius 3 is 2.47 bits per heavy atom. The minimum Gasteiger partial charge on any atom is -0.464 e. The van der Waals surface area contributed by atoms with E-state index in [1.807, 2.05) is 30.3 Å². The van der Waals surface area contributed by atoms with Crippen LogP contribution in [0.3, 0.4) is 0 Å². The molecule has 0 saturated heterocycles. The van der Waals surface area contributed by atoms with E-state index in [0.717, 1.165) is 28.2 Å². The Bertz CT molecular complexity index is 927. The third-order valence-corrected chi connectivity index (χ3v) is 5.30. The van der Waals surface area contributed by atoms with Crippen LogP contribution in [0.1, 0.15) is 24.5 Å². The summed E-state index contributed by atoms with van der Waals surface area (Å²) < 4.78 is 33.1. The van der Waals surface area contributed by atoms with Gasteiger partial charge >= 0.3 is 5.97 Å². The molecule has 2 atom stereocenters. The summed E-state index contributed by atoms with van der Waals surface area (Å²) in [7, 11) is 0. The highest BCUT2D eigenvalue weighted by Crippen LogP contribution is 2.10. The van der Waals surface area contributed by atoms with E-state index in [2.05, 4.69) is 33.2 Å². The predicted octanol–water partition coefficient (Wildman–Crippen LogP) is 3.11. The Kier molecular flexibility index (Phi) is 10.5. The summed E-state index contributed by atoms with van der Waals surface area (Å²) in [4.78, 5) is 37.3. The summed E-state index contributed by atoms with van der Waals surface area (Å²) >= 11 is 2.18. The minimum atomic E-state index is -1.00. The van der Waals surface area contributed by atoms with E-state index < -0.39 is 47.9 Å². The molecule has 2 N–H and O–H groups in total. The maximum Gasteiger partial charge on any atom is 0.328 e. The molecule has 2 rings (SSSR count). The van der Waals surface area contributed by atoms with Crippen LogP contribution in [-0.2, 0) is 32.0 Å². The first-order valence-corrected chi connectivity index (χ1v) is 11.6. The number of hydrogen-bond acceptors (Lipinski definition) is 4. The number of ether oxygens (including phenoxy) is 1. The number of carbonyl (C=O) groups excluding carboxylic acids is 3. The lowest BCUT2D eigenvalue weighted by molar-refractivity contribution is -0.148. The average Bonchev–Trinajstić information content (AvgIpc) is 2.76. The molecule has 0 fully saturated rings. The second kappa shape index (κ2) is 13.1. The van der Waals surface area contributed by atoms with Crippen LogP contribution in [0.5, 0.6) is 0 Å². The van der Waals surface area contributed by atoms with Gasteiger partial charge in [0.05, 0.1) is 13.0 Å². The first-order chi connectivity index (χ1) is 15.3. The zero-order valence-electron chi connectivity index (χ0n) is 17.6. The summed E-state index contributed by atoms with van der Waals surface area (Å²) in [5.74, 6) is -3.18. The van der Waals surface area contributed by atoms with Gasteiger partial charge in [0.25, 0.3) is 0 Å². The number of hydrogen-bond donors (Lipinski definition) is 2. The molecule has 2 aromatic rings. The van der Waals surface area contributed by atoms with Crippen molar-refractivity contribution >= 4 is 40.4 Å². The van der Waals surface area contributed by atoms with E-state index in [4.69, 9.17) is 4.74 Å². The lowest BCUT2D eigenvalue weighted by Crippen LogP contribution is -2.51. The zero-order valence-corrected chi connectivity index (χ0v) is 19.7. The smallest absolute Gasteiger partial charge is 0.328 e. The molecule has 6 nitrogen and oxygen atoms in total. The van der Waals surface area contributed by atoms with Gasteiger partial charge in [-0.1, -0.05) is 52.9 Å². The fraction of sp³-hybridized carbons (Fsp3) is 0.348. The maximum absolute atomic E-state index is 13.7. The van der Waals surface area contributed by atoms with Gasteiger partial charge in [-0.25, -0.2) is 13.6 Å². The molecular weight excluding hydrogens is 533 g/mol. The lowest BCUT2D eigenvalue weighted by atomic mass is 10.1. The monoisotopic (exact) mass is 558 g/mol. The topological polar surface area (TPSA) is 84.5 Å². The van der Waals surface area contributed by atoms with Crippen molar-refractivity contribution in [3.8, 4) is 0 Å². The van der Waals surface area contributed by atoms with Crippen LogP contribution < -0.4 is 10.6 Å². The van der Waals surface area contributed by atoms with Crippen molar-refractivity contribution < 1.29 is 27.9 Å². The van der Waals surface area contributed by atoms with Crippen LogP contribution in [0.25, 0.3) is 0 Å². The number of carbonyl (C=O) groups is 3. The van der Waals surface area contributed by atoms with Gasteiger partial charge in [-0.05, 0) is 37.1 Å². The number of rotatable bonds is 11. The van der Waals surface area contributed by atoms with Gasteiger partial charge in [0.2, 0.25) is 11.8 Å². The highest BCUT2D eigenvalue weighted by Gasteiger charge is 2.26.